The number of amides is 1. The lowest BCUT2D eigenvalue weighted by molar-refractivity contribution is -0.132. The number of nitrogens with one attached hydrogen (secondary N) is 1. The lowest BCUT2D eigenvalue weighted by atomic mass is 9.93. The van der Waals surface area contributed by atoms with Crippen molar-refractivity contribution in [3.63, 3.8) is 0 Å². The standard InChI is InChI=1S/C18H22N6O/c1-23-15(8-9-20-23)5-7-17(25)24-10-2-3-14(12-24)16-6-4-13-11-19-22-18(13)21-16/h4,6,8-9,11,14H,2-3,5,7,10,12H2,1H3,(H,19,21,22)/t14-/m0/s1. The molecule has 1 saturated heterocycles. The molecule has 4 heterocycles. The molecule has 7 heteroatoms. The van der Waals surface area contributed by atoms with Crippen LogP contribution in [-0.4, -0.2) is 48.9 Å². The van der Waals surface area contributed by atoms with E-state index in [4.69, 9.17) is 0 Å². The van der Waals surface area contributed by atoms with Crippen LogP contribution in [-0.2, 0) is 18.3 Å². The number of aromatic nitrogens is 5. The number of rotatable bonds is 4. The summed E-state index contributed by atoms with van der Waals surface area (Å²) in [7, 11) is 1.91. The Morgan fingerprint density at radius 1 is 1.36 bits per heavy atom. The quantitative estimate of drug-likeness (QED) is 0.789. The van der Waals surface area contributed by atoms with Gasteiger partial charge in [-0.1, -0.05) is 0 Å². The molecule has 1 N–H and O–H groups in total. The van der Waals surface area contributed by atoms with Crippen LogP contribution < -0.4 is 0 Å². The molecule has 0 radical (unpaired) electrons. The highest BCUT2D eigenvalue weighted by Gasteiger charge is 2.25. The van der Waals surface area contributed by atoms with Gasteiger partial charge in [-0.25, -0.2) is 4.98 Å². The van der Waals surface area contributed by atoms with Crippen LogP contribution in [0.4, 0.5) is 0 Å². The zero-order valence-corrected chi connectivity index (χ0v) is 14.4. The molecule has 25 heavy (non-hydrogen) atoms. The van der Waals surface area contributed by atoms with Crippen LogP contribution in [0, 0.1) is 0 Å². The first-order valence-corrected chi connectivity index (χ1v) is 8.75. The Morgan fingerprint density at radius 2 is 2.28 bits per heavy atom. The highest BCUT2D eigenvalue weighted by Crippen LogP contribution is 2.27. The summed E-state index contributed by atoms with van der Waals surface area (Å²) in [4.78, 5) is 19.3. The van der Waals surface area contributed by atoms with Crippen molar-refractivity contribution in [1.29, 1.82) is 0 Å². The van der Waals surface area contributed by atoms with E-state index in [2.05, 4.69) is 26.3 Å². The minimum atomic E-state index is 0.216. The molecular weight excluding hydrogens is 316 g/mol. The SMILES string of the molecule is Cn1nccc1CCC(=O)N1CCC[C@H](c2ccc3cn[nH]c3n2)C1. The number of carbonyl (C=O) groups is 1. The predicted molar refractivity (Wildman–Crippen MR) is 94.0 cm³/mol. The van der Waals surface area contributed by atoms with Crippen LogP contribution in [0.3, 0.4) is 0 Å². The fourth-order valence-corrected chi connectivity index (χ4v) is 3.55. The first-order valence-electron chi connectivity index (χ1n) is 8.75. The number of fused-ring (bicyclic) bond motifs is 1. The minimum absolute atomic E-state index is 0.216. The fraction of sp³-hybridized carbons (Fsp3) is 0.444. The van der Waals surface area contributed by atoms with Gasteiger partial charge in [0.05, 0.1) is 6.20 Å². The normalized spacial score (nSPS) is 18.0. The summed E-state index contributed by atoms with van der Waals surface area (Å²) < 4.78 is 1.83. The Kier molecular flexibility index (Phi) is 4.21. The van der Waals surface area contributed by atoms with Gasteiger partial charge >= 0.3 is 0 Å². The molecule has 1 aliphatic rings. The van der Waals surface area contributed by atoms with Crippen molar-refractivity contribution in [2.75, 3.05) is 13.1 Å². The fourth-order valence-electron chi connectivity index (χ4n) is 3.55. The number of carbonyl (C=O) groups excluding carboxylic acids is 1. The van der Waals surface area contributed by atoms with Gasteiger partial charge in [-0.3, -0.25) is 14.6 Å². The maximum Gasteiger partial charge on any atom is 0.222 e. The number of hydrogen-bond donors (Lipinski definition) is 1. The van der Waals surface area contributed by atoms with Crippen LogP contribution in [0.2, 0.25) is 0 Å². The van der Waals surface area contributed by atoms with Gasteiger partial charge in [-0.2, -0.15) is 10.2 Å². The number of H-pyrrole nitrogens is 1. The maximum atomic E-state index is 12.6. The minimum Gasteiger partial charge on any atom is -0.342 e. The van der Waals surface area contributed by atoms with Crippen LogP contribution in [0.25, 0.3) is 11.0 Å². The molecule has 1 amide bonds. The third-order valence-electron chi connectivity index (χ3n) is 5.03. The summed E-state index contributed by atoms with van der Waals surface area (Å²) in [5.41, 5.74) is 2.95. The Bertz CT molecular complexity index is 882. The first-order chi connectivity index (χ1) is 12.2. The molecule has 0 aliphatic carbocycles. The average Bonchev–Trinajstić information content (AvgIpc) is 3.27. The lowest BCUT2D eigenvalue weighted by Gasteiger charge is -2.32. The average molecular weight is 338 g/mol. The van der Waals surface area contributed by atoms with E-state index < -0.39 is 0 Å². The molecule has 1 fully saturated rings. The molecule has 1 aliphatic heterocycles. The summed E-state index contributed by atoms with van der Waals surface area (Å²) in [6.07, 6.45) is 6.90. The summed E-state index contributed by atoms with van der Waals surface area (Å²) in [5.74, 6) is 0.510. The third-order valence-corrected chi connectivity index (χ3v) is 5.03. The van der Waals surface area contributed by atoms with Crippen molar-refractivity contribution in [3.05, 3.63) is 42.0 Å². The second-order valence-electron chi connectivity index (χ2n) is 6.67. The third kappa shape index (κ3) is 3.26. The molecule has 0 saturated carbocycles. The molecule has 0 aromatic carbocycles. The molecule has 0 unspecified atom stereocenters. The molecule has 130 valence electrons. The maximum absolute atomic E-state index is 12.6. The zero-order chi connectivity index (χ0) is 17.2. The van der Waals surface area contributed by atoms with Gasteiger partial charge in [0.2, 0.25) is 5.91 Å². The lowest BCUT2D eigenvalue weighted by Crippen LogP contribution is -2.39. The number of nitrogens with zero attached hydrogens (tertiary/aromatic N) is 5. The van der Waals surface area contributed by atoms with Crippen molar-refractivity contribution in [1.82, 2.24) is 29.9 Å². The highest BCUT2D eigenvalue weighted by atomic mass is 16.2. The van der Waals surface area contributed by atoms with Gasteiger partial charge in [-0.15, -0.1) is 0 Å². The van der Waals surface area contributed by atoms with Crippen molar-refractivity contribution in [2.45, 2.75) is 31.6 Å². The van der Waals surface area contributed by atoms with Gasteiger partial charge in [-0.05, 0) is 37.5 Å². The van der Waals surface area contributed by atoms with Crippen molar-refractivity contribution in [2.24, 2.45) is 7.05 Å². The zero-order valence-electron chi connectivity index (χ0n) is 14.4. The van der Waals surface area contributed by atoms with Gasteiger partial charge in [0.25, 0.3) is 0 Å². The monoisotopic (exact) mass is 338 g/mol. The highest BCUT2D eigenvalue weighted by molar-refractivity contribution is 5.77. The number of aromatic amines is 1. The molecule has 0 spiro atoms. The van der Waals surface area contributed by atoms with Crippen LogP contribution in [0.15, 0.2) is 30.6 Å². The first kappa shape index (κ1) is 15.8. The van der Waals surface area contributed by atoms with E-state index in [0.29, 0.717) is 12.3 Å². The smallest absolute Gasteiger partial charge is 0.222 e. The van der Waals surface area contributed by atoms with E-state index in [1.807, 2.05) is 28.8 Å². The number of hydrogen-bond acceptors (Lipinski definition) is 4. The predicted octanol–water partition coefficient (Wildman–Crippen LogP) is 2.03. The van der Waals surface area contributed by atoms with E-state index in [1.54, 1.807) is 12.4 Å². The van der Waals surface area contributed by atoms with E-state index >= 15 is 0 Å². The molecular formula is C18H22N6O. The Labute approximate surface area is 146 Å². The molecule has 7 nitrogen and oxygen atoms in total. The van der Waals surface area contributed by atoms with E-state index in [1.165, 1.54) is 0 Å². The second-order valence-corrected chi connectivity index (χ2v) is 6.67. The topological polar surface area (TPSA) is 79.7 Å². The number of piperidine rings is 1. The second kappa shape index (κ2) is 6.66. The molecule has 4 rings (SSSR count). The largest absolute Gasteiger partial charge is 0.342 e. The van der Waals surface area contributed by atoms with Crippen molar-refractivity contribution in [3.8, 4) is 0 Å². The Hall–Kier alpha value is -2.70. The Morgan fingerprint density at radius 3 is 3.12 bits per heavy atom. The summed E-state index contributed by atoms with van der Waals surface area (Å²) in [5, 5.41) is 12.1. The van der Waals surface area contributed by atoms with Gasteiger partial charge in [0.15, 0.2) is 5.65 Å². The van der Waals surface area contributed by atoms with Gasteiger partial charge in [0, 0.05) is 55.4 Å². The Balaban J connectivity index is 1.41. The van der Waals surface area contributed by atoms with Crippen molar-refractivity contribution >= 4 is 16.9 Å². The number of pyridine rings is 1. The molecule has 3 aromatic rings. The van der Waals surface area contributed by atoms with Crippen LogP contribution >= 0.6 is 0 Å². The molecule has 1 atom stereocenters. The summed E-state index contributed by atoms with van der Waals surface area (Å²) in [6.45, 7) is 1.59. The molecule has 3 aromatic heterocycles. The summed E-state index contributed by atoms with van der Waals surface area (Å²) in [6, 6.07) is 6.08. The van der Waals surface area contributed by atoms with Gasteiger partial charge < -0.3 is 4.90 Å². The molecule has 0 bridgehead atoms. The number of likely N-dealkylation sites (tertiary alicyclic amines) is 1. The van der Waals surface area contributed by atoms with Crippen LogP contribution in [0.5, 0.6) is 0 Å². The van der Waals surface area contributed by atoms with E-state index in [9.17, 15) is 4.79 Å². The summed E-state index contributed by atoms with van der Waals surface area (Å²) >= 11 is 0. The number of aryl methyl sites for hydroxylation is 2. The van der Waals surface area contributed by atoms with E-state index in [0.717, 1.165) is 54.8 Å². The van der Waals surface area contributed by atoms with Crippen LogP contribution in [0.1, 0.15) is 36.6 Å². The van der Waals surface area contributed by atoms with Crippen molar-refractivity contribution < 1.29 is 4.79 Å². The van der Waals surface area contributed by atoms with Gasteiger partial charge in [0.1, 0.15) is 0 Å². The van der Waals surface area contributed by atoms with E-state index in [-0.39, 0.29) is 5.91 Å².